The highest BCUT2D eigenvalue weighted by molar-refractivity contribution is 7.09. The number of nitrogens with zero attached hydrogens (tertiary/aromatic N) is 3. The maximum atomic E-state index is 6.05. The van der Waals surface area contributed by atoms with Gasteiger partial charge in [-0.2, -0.15) is 0 Å². The van der Waals surface area contributed by atoms with Gasteiger partial charge in [0.25, 0.3) is 0 Å². The second-order valence-electron chi connectivity index (χ2n) is 4.42. The fourth-order valence-corrected chi connectivity index (χ4v) is 2.88. The van der Waals surface area contributed by atoms with Crippen LogP contribution in [0.1, 0.15) is 10.7 Å². The van der Waals surface area contributed by atoms with Gasteiger partial charge in [-0.1, -0.05) is 35.9 Å². The van der Waals surface area contributed by atoms with E-state index in [4.69, 9.17) is 11.6 Å². The minimum absolute atomic E-state index is 0.432. The lowest BCUT2D eigenvalue weighted by Crippen LogP contribution is -2.08. The van der Waals surface area contributed by atoms with Crippen molar-refractivity contribution in [2.45, 2.75) is 13.3 Å². The number of anilines is 1. The summed E-state index contributed by atoms with van der Waals surface area (Å²) in [6, 6.07) is 7.85. The molecule has 0 radical (unpaired) electrons. The van der Waals surface area contributed by atoms with Crippen molar-refractivity contribution in [3.8, 4) is 0 Å². The summed E-state index contributed by atoms with van der Waals surface area (Å²) in [7, 11) is 0. The zero-order valence-electron chi connectivity index (χ0n) is 10.9. The van der Waals surface area contributed by atoms with Crippen LogP contribution in [0.3, 0.4) is 0 Å². The molecular weight excluding hydrogens is 292 g/mol. The van der Waals surface area contributed by atoms with Crippen LogP contribution < -0.4 is 5.32 Å². The van der Waals surface area contributed by atoms with Crippen LogP contribution in [0.2, 0.25) is 5.15 Å². The average Bonchev–Trinajstić information content (AvgIpc) is 2.87. The summed E-state index contributed by atoms with van der Waals surface area (Å²) >= 11 is 7.72. The first kappa shape index (κ1) is 13.3. The molecule has 0 fully saturated rings. The Morgan fingerprint density at radius 1 is 1.20 bits per heavy atom. The summed E-state index contributed by atoms with van der Waals surface area (Å²) in [6.45, 7) is 2.78. The highest BCUT2D eigenvalue weighted by Crippen LogP contribution is 2.25. The Bertz CT molecular complexity index is 741. The molecule has 0 bridgehead atoms. The molecule has 4 nitrogen and oxygen atoms in total. The SMILES string of the molecule is Cc1nc(CCNc2nnc(Cl)c3ccccc23)cs1. The van der Waals surface area contributed by atoms with Crippen LogP contribution in [0, 0.1) is 6.92 Å². The van der Waals surface area contributed by atoms with Crippen molar-refractivity contribution in [3.05, 3.63) is 45.5 Å². The predicted octanol–water partition coefficient (Wildman–Crippen LogP) is 3.70. The lowest BCUT2D eigenvalue weighted by atomic mass is 10.2. The summed E-state index contributed by atoms with van der Waals surface area (Å²) in [5, 5.41) is 16.9. The van der Waals surface area contributed by atoms with Crippen LogP contribution in [-0.4, -0.2) is 21.7 Å². The number of fused-ring (bicyclic) bond motifs is 1. The van der Waals surface area contributed by atoms with Crippen molar-refractivity contribution in [3.63, 3.8) is 0 Å². The minimum Gasteiger partial charge on any atom is -0.368 e. The Morgan fingerprint density at radius 3 is 2.75 bits per heavy atom. The van der Waals surface area contributed by atoms with Gasteiger partial charge in [-0.15, -0.1) is 21.5 Å². The van der Waals surface area contributed by atoms with Crippen LogP contribution in [0.4, 0.5) is 5.82 Å². The Balaban J connectivity index is 1.76. The second-order valence-corrected chi connectivity index (χ2v) is 5.84. The lowest BCUT2D eigenvalue weighted by Gasteiger charge is -2.07. The molecule has 20 heavy (non-hydrogen) atoms. The molecular formula is C14H13ClN4S. The molecule has 102 valence electrons. The normalized spacial score (nSPS) is 10.9. The van der Waals surface area contributed by atoms with E-state index in [0.717, 1.165) is 40.3 Å². The maximum Gasteiger partial charge on any atom is 0.159 e. The highest BCUT2D eigenvalue weighted by Gasteiger charge is 2.07. The molecule has 1 N–H and O–H groups in total. The van der Waals surface area contributed by atoms with E-state index in [-0.39, 0.29) is 0 Å². The van der Waals surface area contributed by atoms with Gasteiger partial charge in [0, 0.05) is 29.1 Å². The molecule has 3 aromatic rings. The van der Waals surface area contributed by atoms with Gasteiger partial charge in [-0.25, -0.2) is 4.98 Å². The van der Waals surface area contributed by atoms with Crippen LogP contribution in [-0.2, 0) is 6.42 Å². The van der Waals surface area contributed by atoms with Crippen molar-refractivity contribution in [2.75, 3.05) is 11.9 Å². The topological polar surface area (TPSA) is 50.7 Å². The van der Waals surface area contributed by atoms with Crippen molar-refractivity contribution >= 4 is 39.5 Å². The zero-order chi connectivity index (χ0) is 13.9. The van der Waals surface area contributed by atoms with Gasteiger partial charge in [0.05, 0.1) is 10.7 Å². The Morgan fingerprint density at radius 2 is 2.00 bits per heavy atom. The number of hydrogen-bond donors (Lipinski definition) is 1. The van der Waals surface area contributed by atoms with Crippen molar-refractivity contribution < 1.29 is 0 Å². The first-order chi connectivity index (χ1) is 9.74. The molecule has 0 unspecified atom stereocenters. The molecule has 0 spiro atoms. The number of rotatable bonds is 4. The molecule has 2 heterocycles. The molecule has 0 aliphatic heterocycles. The molecule has 0 amide bonds. The van der Waals surface area contributed by atoms with Crippen molar-refractivity contribution in [1.29, 1.82) is 0 Å². The standard InChI is InChI=1S/C14H13ClN4S/c1-9-17-10(8-20-9)6-7-16-14-12-5-3-2-4-11(12)13(15)18-19-14/h2-5,8H,6-7H2,1H3,(H,16,19). The quantitative estimate of drug-likeness (QED) is 0.798. The number of thiazole rings is 1. The summed E-state index contributed by atoms with van der Waals surface area (Å²) in [5.41, 5.74) is 1.10. The van der Waals surface area contributed by atoms with Crippen LogP contribution in [0.5, 0.6) is 0 Å². The van der Waals surface area contributed by atoms with Crippen LogP contribution in [0.15, 0.2) is 29.6 Å². The molecule has 0 saturated carbocycles. The van der Waals surface area contributed by atoms with E-state index >= 15 is 0 Å². The average molecular weight is 305 g/mol. The smallest absolute Gasteiger partial charge is 0.159 e. The van der Waals surface area contributed by atoms with Gasteiger partial charge in [0.1, 0.15) is 0 Å². The Hall–Kier alpha value is -1.72. The predicted molar refractivity (Wildman–Crippen MR) is 83.6 cm³/mol. The fraction of sp³-hybridized carbons (Fsp3) is 0.214. The van der Waals surface area contributed by atoms with E-state index in [1.165, 1.54) is 0 Å². The first-order valence-corrected chi connectivity index (χ1v) is 7.55. The maximum absolute atomic E-state index is 6.05. The number of benzene rings is 1. The first-order valence-electron chi connectivity index (χ1n) is 6.30. The van der Waals surface area contributed by atoms with E-state index in [9.17, 15) is 0 Å². The van der Waals surface area contributed by atoms with Crippen molar-refractivity contribution in [1.82, 2.24) is 15.2 Å². The summed E-state index contributed by atoms with van der Waals surface area (Å²) < 4.78 is 0. The van der Waals surface area contributed by atoms with Gasteiger partial charge >= 0.3 is 0 Å². The highest BCUT2D eigenvalue weighted by atomic mass is 35.5. The van der Waals surface area contributed by atoms with Gasteiger partial charge in [-0.3, -0.25) is 0 Å². The molecule has 2 aromatic heterocycles. The summed E-state index contributed by atoms with van der Waals surface area (Å²) in [6.07, 6.45) is 0.864. The third-order valence-corrected chi connectivity index (χ3v) is 4.08. The number of nitrogens with one attached hydrogen (secondary N) is 1. The van der Waals surface area contributed by atoms with Crippen molar-refractivity contribution in [2.24, 2.45) is 0 Å². The third-order valence-electron chi connectivity index (χ3n) is 2.98. The number of aryl methyl sites for hydroxylation is 1. The van der Waals surface area contributed by atoms with Gasteiger partial charge in [0.15, 0.2) is 11.0 Å². The van der Waals surface area contributed by atoms with Crippen LogP contribution >= 0.6 is 22.9 Å². The third kappa shape index (κ3) is 2.73. The van der Waals surface area contributed by atoms with E-state index < -0.39 is 0 Å². The zero-order valence-corrected chi connectivity index (χ0v) is 12.5. The molecule has 1 aromatic carbocycles. The monoisotopic (exact) mass is 304 g/mol. The minimum atomic E-state index is 0.432. The summed E-state index contributed by atoms with van der Waals surface area (Å²) in [5.74, 6) is 0.761. The molecule has 0 atom stereocenters. The molecule has 0 aliphatic carbocycles. The summed E-state index contributed by atoms with van der Waals surface area (Å²) in [4.78, 5) is 4.44. The van der Waals surface area contributed by atoms with Gasteiger partial charge < -0.3 is 5.32 Å². The largest absolute Gasteiger partial charge is 0.368 e. The number of hydrogen-bond acceptors (Lipinski definition) is 5. The van der Waals surface area contributed by atoms with E-state index in [2.05, 4.69) is 25.9 Å². The van der Waals surface area contributed by atoms with E-state index in [0.29, 0.717) is 5.15 Å². The number of halogens is 1. The molecule has 0 saturated heterocycles. The number of aromatic nitrogens is 3. The second kappa shape index (κ2) is 5.73. The van der Waals surface area contributed by atoms with Gasteiger partial charge in [0.2, 0.25) is 0 Å². The lowest BCUT2D eigenvalue weighted by molar-refractivity contribution is 0.946. The molecule has 6 heteroatoms. The van der Waals surface area contributed by atoms with E-state index in [1.54, 1.807) is 11.3 Å². The fourth-order valence-electron chi connectivity index (χ4n) is 2.03. The molecule has 0 aliphatic rings. The Kier molecular flexibility index (Phi) is 3.80. The van der Waals surface area contributed by atoms with Gasteiger partial charge in [-0.05, 0) is 6.92 Å². The molecule has 3 rings (SSSR count). The van der Waals surface area contributed by atoms with E-state index in [1.807, 2.05) is 31.2 Å². The van der Waals surface area contributed by atoms with Crippen LogP contribution in [0.25, 0.3) is 10.8 Å². The Labute approximate surface area is 125 Å².